The molecule has 0 saturated carbocycles. The molecular weight excluding hydrogens is 558 g/mol. The first-order valence-electron chi connectivity index (χ1n) is 12.5. The van der Waals surface area contributed by atoms with Gasteiger partial charge in [0.15, 0.2) is 0 Å². The highest BCUT2D eigenvalue weighted by atomic mass is 35.5. The molecule has 1 aliphatic heterocycles. The van der Waals surface area contributed by atoms with Crippen molar-refractivity contribution < 1.29 is 32.6 Å². The predicted molar refractivity (Wildman–Crippen MR) is 144 cm³/mol. The van der Waals surface area contributed by atoms with E-state index >= 15 is 0 Å². The summed E-state index contributed by atoms with van der Waals surface area (Å²) >= 11 is 12.2. The van der Waals surface area contributed by atoms with Gasteiger partial charge in [0.05, 0.1) is 34.7 Å². The summed E-state index contributed by atoms with van der Waals surface area (Å²) < 4.78 is 43.8. The lowest BCUT2D eigenvalue weighted by molar-refractivity contribution is -0.142. The van der Waals surface area contributed by atoms with Crippen LogP contribution in [0.5, 0.6) is 5.75 Å². The average Bonchev–Trinajstić information content (AvgIpc) is 2.86. The predicted octanol–water partition coefficient (Wildman–Crippen LogP) is 5.63. The molecule has 1 aliphatic rings. The topological polar surface area (TPSA) is 82.1 Å². The average molecular weight is 590 g/mol. The van der Waals surface area contributed by atoms with Crippen molar-refractivity contribution in [2.24, 2.45) is 5.92 Å². The first kappa shape index (κ1) is 31.0. The SMILES string of the molecule is C[C@@H]1CN([C@H](C)CO)C(=O)c2cc(NC(=O)CCC(F)(F)F)ccc2O[C@@H]1CN(C)Cc1ccc(Cl)c(Cl)c1. The van der Waals surface area contributed by atoms with Crippen molar-refractivity contribution in [3.63, 3.8) is 0 Å². The number of aliphatic hydroxyl groups excluding tert-OH is 1. The second-order valence-electron chi connectivity index (χ2n) is 9.94. The lowest BCUT2D eigenvalue weighted by Gasteiger charge is -2.38. The number of ether oxygens (including phenoxy) is 1. The molecule has 0 bridgehead atoms. The van der Waals surface area contributed by atoms with Gasteiger partial charge in [-0.2, -0.15) is 13.2 Å². The molecule has 39 heavy (non-hydrogen) atoms. The van der Waals surface area contributed by atoms with Crippen LogP contribution in [0.15, 0.2) is 36.4 Å². The first-order valence-corrected chi connectivity index (χ1v) is 13.2. The molecule has 0 spiro atoms. The van der Waals surface area contributed by atoms with Crippen LogP contribution in [0.2, 0.25) is 10.0 Å². The van der Waals surface area contributed by atoms with E-state index < -0.39 is 36.9 Å². The molecular formula is C27H32Cl2F3N3O4. The van der Waals surface area contributed by atoms with Gasteiger partial charge in [0.25, 0.3) is 5.91 Å². The summed E-state index contributed by atoms with van der Waals surface area (Å²) in [6.45, 7) is 4.78. The van der Waals surface area contributed by atoms with Crippen LogP contribution >= 0.6 is 23.2 Å². The summed E-state index contributed by atoms with van der Waals surface area (Å²) in [5.74, 6) is -1.06. The summed E-state index contributed by atoms with van der Waals surface area (Å²) in [5.41, 5.74) is 1.28. The number of carbonyl (C=O) groups excluding carboxylic acids is 2. The molecule has 12 heteroatoms. The van der Waals surface area contributed by atoms with Gasteiger partial charge in [-0.05, 0) is 49.9 Å². The third-order valence-corrected chi connectivity index (χ3v) is 7.25. The number of carbonyl (C=O) groups is 2. The molecule has 0 radical (unpaired) electrons. The van der Waals surface area contributed by atoms with E-state index in [1.807, 2.05) is 20.0 Å². The highest BCUT2D eigenvalue weighted by molar-refractivity contribution is 6.42. The molecule has 0 unspecified atom stereocenters. The molecule has 7 nitrogen and oxygen atoms in total. The third kappa shape index (κ3) is 8.73. The number of likely N-dealkylation sites (N-methyl/N-ethyl adjacent to an activating group) is 1. The number of benzene rings is 2. The minimum Gasteiger partial charge on any atom is -0.488 e. The Kier molecular flexibility index (Phi) is 10.5. The van der Waals surface area contributed by atoms with Crippen LogP contribution in [-0.4, -0.2) is 71.8 Å². The van der Waals surface area contributed by atoms with Gasteiger partial charge in [-0.25, -0.2) is 0 Å². The van der Waals surface area contributed by atoms with E-state index in [0.29, 0.717) is 29.7 Å². The van der Waals surface area contributed by atoms with Crippen molar-refractivity contribution in [1.29, 1.82) is 0 Å². The van der Waals surface area contributed by atoms with Gasteiger partial charge in [-0.15, -0.1) is 0 Å². The Morgan fingerprint density at radius 2 is 1.95 bits per heavy atom. The fraction of sp³-hybridized carbons (Fsp3) is 0.481. The van der Waals surface area contributed by atoms with Gasteiger partial charge in [0.1, 0.15) is 11.9 Å². The van der Waals surface area contributed by atoms with Crippen molar-refractivity contribution in [3.8, 4) is 5.75 Å². The Morgan fingerprint density at radius 3 is 2.59 bits per heavy atom. The Balaban J connectivity index is 1.84. The smallest absolute Gasteiger partial charge is 0.389 e. The minimum absolute atomic E-state index is 0.117. The van der Waals surface area contributed by atoms with Gasteiger partial charge in [-0.3, -0.25) is 14.5 Å². The van der Waals surface area contributed by atoms with E-state index in [-0.39, 0.29) is 35.6 Å². The molecule has 3 atom stereocenters. The molecule has 0 aromatic heterocycles. The van der Waals surface area contributed by atoms with Crippen molar-refractivity contribution in [2.45, 2.75) is 51.6 Å². The van der Waals surface area contributed by atoms with E-state index in [1.54, 1.807) is 24.0 Å². The monoisotopic (exact) mass is 589 g/mol. The summed E-state index contributed by atoms with van der Waals surface area (Å²) in [6.07, 6.45) is -6.79. The van der Waals surface area contributed by atoms with Crippen molar-refractivity contribution >= 4 is 40.7 Å². The summed E-state index contributed by atoms with van der Waals surface area (Å²) in [5, 5.41) is 13.2. The van der Waals surface area contributed by atoms with Crippen LogP contribution < -0.4 is 10.1 Å². The molecule has 214 valence electrons. The Labute approximate surface area is 235 Å². The van der Waals surface area contributed by atoms with E-state index in [9.17, 15) is 27.9 Å². The second-order valence-corrected chi connectivity index (χ2v) is 10.8. The maximum absolute atomic E-state index is 13.5. The van der Waals surface area contributed by atoms with Crippen LogP contribution in [0.1, 0.15) is 42.6 Å². The zero-order chi connectivity index (χ0) is 28.9. The molecule has 2 N–H and O–H groups in total. The zero-order valence-electron chi connectivity index (χ0n) is 21.9. The van der Waals surface area contributed by atoms with Gasteiger partial charge in [0.2, 0.25) is 5.91 Å². The number of anilines is 1. The Morgan fingerprint density at radius 1 is 1.23 bits per heavy atom. The molecule has 2 aromatic rings. The molecule has 2 amide bonds. The highest BCUT2D eigenvalue weighted by Gasteiger charge is 2.34. The normalized spacial score (nSPS) is 18.7. The van der Waals surface area contributed by atoms with Gasteiger partial charge < -0.3 is 20.1 Å². The van der Waals surface area contributed by atoms with E-state index in [1.165, 1.54) is 18.2 Å². The van der Waals surface area contributed by atoms with E-state index in [2.05, 4.69) is 10.2 Å². The molecule has 0 fully saturated rings. The molecule has 0 aliphatic carbocycles. The van der Waals surface area contributed by atoms with Crippen LogP contribution in [0, 0.1) is 5.92 Å². The number of hydrogen-bond donors (Lipinski definition) is 2. The molecule has 1 heterocycles. The summed E-state index contributed by atoms with van der Waals surface area (Å²) in [7, 11) is 1.93. The number of fused-ring (bicyclic) bond motifs is 1. The Hall–Kier alpha value is -2.53. The van der Waals surface area contributed by atoms with Gasteiger partial charge in [-0.1, -0.05) is 36.2 Å². The highest BCUT2D eigenvalue weighted by Crippen LogP contribution is 2.31. The first-order chi connectivity index (χ1) is 18.3. The standard InChI is InChI=1S/C27H32Cl2F3N3O4/c1-16-12-35(17(2)15-36)26(38)20-11-19(33-25(37)8-9-27(30,31)32)5-7-23(20)39-24(16)14-34(3)13-18-4-6-21(28)22(29)10-18/h4-7,10-11,16-17,24,36H,8-9,12-15H2,1-3H3,(H,33,37)/t16-,17-,24-/m1/s1. The minimum atomic E-state index is -4.45. The van der Waals surface area contributed by atoms with Crippen molar-refractivity contribution in [3.05, 3.63) is 57.6 Å². The van der Waals surface area contributed by atoms with E-state index in [0.717, 1.165) is 5.56 Å². The van der Waals surface area contributed by atoms with Crippen LogP contribution in [-0.2, 0) is 11.3 Å². The van der Waals surface area contributed by atoms with Gasteiger partial charge >= 0.3 is 6.18 Å². The number of nitrogens with zero attached hydrogens (tertiary/aromatic N) is 2. The number of amides is 2. The molecule has 3 rings (SSSR count). The number of halogens is 5. The van der Waals surface area contributed by atoms with E-state index in [4.69, 9.17) is 27.9 Å². The number of alkyl halides is 3. The second kappa shape index (κ2) is 13.2. The van der Waals surface area contributed by atoms with Gasteiger partial charge in [0, 0.05) is 37.7 Å². The van der Waals surface area contributed by atoms with Crippen LogP contribution in [0.25, 0.3) is 0 Å². The zero-order valence-corrected chi connectivity index (χ0v) is 23.4. The van der Waals surface area contributed by atoms with Crippen LogP contribution in [0.3, 0.4) is 0 Å². The Bertz CT molecular complexity index is 1180. The number of aliphatic hydroxyl groups is 1. The molecule has 2 aromatic carbocycles. The lowest BCUT2D eigenvalue weighted by Crippen LogP contribution is -2.49. The fourth-order valence-electron chi connectivity index (χ4n) is 4.32. The third-order valence-electron chi connectivity index (χ3n) is 6.51. The van der Waals surface area contributed by atoms with Crippen molar-refractivity contribution in [2.75, 3.05) is 32.1 Å². The number of rotatable bonds is 9. The van der Waals surface area contributed by atoms with Crippen LogP contribution in [0.4, 0.5) is 18.9 Å². The lowest BCUT2D eigenvalue weighted by atomic mass is 9.99. The molecule has 0 saturated heterocycles. The quantitative estimate of drug-likeness (QED) is 0.396. The number of hydrogen-bond acceptors (Lipinski definition) is 5. The maximum atomic E-state index is 13.5. The summed E-state index contributed by atoms with van der Waals surface area (Å²) in [6, 6.07) is 9.33. The summed E-state index contributed by atoms with van der Waals surface area (Å²) in [4.78, 5) is 29.2. The number of nitrogens with one attached hydrogen (secondary N) is 1. The maximum Gasteiger partial charge on any atom is 0.389 e. The van der Waals surface area contributed by atoms with Crippen molar-refractivity contribution in [1.82, 2.24) is 9.80 Å². The largest absolute Gasteiger partial charge is 0.488 e. The fourth-order valence-corrected chi connectivity index (χ4v) is 4.64.